The monoisotopic (exact) mass is 245 g/mol. The molecule has 2 aliphatic rings. The Kier molecular flexibility index (Phi) is 3.35. The van der Waals surface area contributed by atoms with Crippen LogP contribution < -0.4 is 5.73 Å². The van der Waals surface area contributed by atoms with Crippen molar-refractivity contribution in [2.24, 2.45) is 11.7 Å². The summed E-state index contributed by atoms with van der Waals surface area (Å²) in [6, 6.07) is 6.06. The molecule has 2 N–H and O–H groups in total. The Hall–Kier alpha value is -0.930. The number of piperidine rings is 1. The summed E-state index contributed by atoms with van der Waals surface area (Å²) in [6.45, 7) is 0. The highest BCUT2D eigenvalue weighted by molar-refractivity contribution is 5.12. The minimum absolute atomic E-state index is 0.309. The van der Waals surface area contributed by atoms with Gasteiger partial charge in [-0.2, -0.15) is 0 Å². The summed E-state index contributed by atoms with van der Waals surface area (Å²) in [5, 5.41) is 0. The van der Waals surface area contributed by atoms with Gasteiger partial charge in [-0.05, 0) is 62.8 Å². The fourth-order valence-electron chi connectivity index (χ4n) is 3.76. The Balaban J connectivity index is 1.62. The maximum Gasteiger partial charge on any atom is 0.0270 e. The van der Waals surface area contributed by atoms with Crippen LogP contribution in [0, 0.1) is 5.92 Å². The van der Waals surface area contributed by atoms with E-state index in [4.69, 9.17) is 5.73 Å². The first kappa shape index (κ1) is 12.1. The highest BCUT2D eigenvalue weighted by atomic mass is 15.2. The predicted molar refractivity (Wildman–Crippen MR) is 73.2 cm³/mol. The van der Waals surface area contributed by atoms with Gasteiger partial charge in [0.05, 0.1) is 0 Å². The second kappa shape index (κ2) is 4.98. The van der Waals surface area contributed by atoms with E-state index < -0.39 is 0 Å². The molecule has 3 unspecified atom stereocenters. The molecule has 3 rings (SSSR count). The van der Waals surface area contributed by atoms with Crippen LogP contribution in [0.1, 0.15) is 31.2 Å². The summed E-state index contributed by atoms with van der Waals surface area (Å²) in [7, 11) is 2.28. The Morgan fingerprint density at radius 2 is 1.89 bits per heavy atom. The van der Waals surface area contributed by atoms with E-state index in [1.807, 2.05) is 12.4 Å². The number of nitrogens with two attached hydrogens (primary N) is 1. The molecule has 3 atom stereocenters. The van der Waals surface area contributed by atoms with Crippen molar-refractivity contribution < 1.29 is 0 Å². The van der Waals surface area contributed by atoms with Gasteiger partial charge in [-0.25, -0.2) is 0 Å². The second-order valence-corrected chi connectivity index (χ2v) is 6.01. The van der Waals surface area contributed by atoms with E-state index in [0.717, 1.165) is 18.5 Å². The van der Waals surface area contributed by atoms with E-state index in [0.29, 0.717) is 12.0 Å². The molecule has 0 aromatic carbocycles. The Labute approximate surface area is 109 Å². The van der Waals surface area contributed by atoms with Gasteiger partial charge >= 0.3 is 0 Å². The van der Waals surface area contributed by atoms with Crippen LogP contribution in [0.25, 0.3) is 0 Å². The molecule has 3 nitrogen and oxygen atoms in total. The first-order chi connectivity index (χ1) is 8.74. The molecule has 2 aliphatic heterocycles. The lowest BCUT2D eigenvalue weighted by Crippen LogP contribution is -2.46. The van der Waals surface area contributed by atoms with Crippen LogP contribution >= 0.6 is 0 Å². The first-order valence-corrected chi connectivity index (χ1v) is 7.10. The third kappa shape index (κ3) is 2.29. The van der Waals surface area contributed by atoms with E-state index in [9.17, 15) is 0 Å². The fourth-order valence-corrected chi connectivity index (χ4v) is 3.76. The maximum atomic E-state index is 6.44. The van der Waals surface area contributed by atoms with Gasteiger partial charge in [0.2, 0.25) is 0 Å². The predicted octanol–water partition coefficient (Wildman–Crippen LogP) is 1.82. The van der Waals surface area contributed by atoms with Gasteiger partial charge in [-0.15, -0.1) is 0 Å². The molecule has 0 amide bonds. The standard InChI is InChI=1S/C15H23N3/c1-18-13-2-3-14(18)10-12(9-13)15(16)8-11-4-6-17-7-5-11/h4-7,12-15H,2-3,8-10,16H2,1H3. The van der Waals surface area contributed by atoms with E-state index >= 15 is 0 Å². The zero-order valence-electron chi connectivity index (χ0n) is 11.1. The van der Waals surface area contributed by atoms with Crippen molar-refractivity contribution in [3.8, 4) is 0 Å². The molecule has 2 saturated heterocycles. The smallest absolute Gasteiger partial charge is 0.0270 e. The van der Waals surface area contributed by atoms with Crippen molar-refractivity contribution in [3.63, 3.8) is 0 Å². The van der Waals surface area contributed by atoms with E-state index in [1.54, 1.807) is 0 Å². The number of aromatic nitrogens is 1. The van der Waals surface area contributed by atoms with Gasteiger partial charge in [0.1, 0.15) is 0 Å². The Bertz CT molecular complexity index is 378. The van der Waals surface area contributed by atoms with Crippen molar-refractivity contribution >= 4 is 0 Å². The summed E-state index contributed by atoms with van der Waals surface area (Å²) >= 11 is 0. The Morgan fingerprint density at radius 3 is 2.50 bits per heavy atom. The normalized spacial score (nSPS) is 33.6. The third-order valence-electron chi connectivity index (χ3n) is 4.96. The van der Waals surface area contributed by atoms with Crippen molar-refractivity contribution in [3.05, 3.63) is 30.1 Å². The van der Waals surface area contributed by atoms with Gasteiger partial charge < -0.3 is 10.6 Å². The van der Waals surface area contributed by atoms with Crippen LogP contribution in [0.5, 0.6) is 0 Å². The summed E-state index contributed by atoms with van der Waals surface area (Å²) in [5.74, 6) is 0.701. The summed E-state index contributed by atoms with van der Waals surface area (Å²) in [5.41, 5.74) is 7.76. The Morgan fingerprint density at radius 1 is 1.28 bits per heavy atom. The van der Waals surface area contributed by atoms with Gasteiger partial charge in [-0.1, -0.05) is 0 Å². The van der Waals surface area contributed by atoms with Crippen LogP contribution in [0.15, 0.2) is 24.5 Å². The zero-order valence-corrected chi connectivity index (χ0v) is 11.1. The van der Waals surface area contributed by atoms with Crippen LogP contribution in [-0.2, 0) is 6.42 Å². The minimum Gasteiger partial charge on any atom is -0.327 e. The minimum atomic E-state index is 0.309. The van der Waals surface area contributed by atoms with E-state index in [-0.39, 0.29) is 0 Å². The molecule has 1 aromatic rings. The van der Waals surface area contributed by atoms with Crippen molar-refractivity contribution in [2.45, 2.75) is 50.2 Å². The molecule has 0 aliphatic carbocycles. The quantitative estimate of drug-likeness (QED) is 0.883. The molecule has 1 aromatic heterocycles. The van der Waals surface area contributed by atoms with Gasteiger partial charge in [-0.3, -0.25) is 4.98 Å². The van der Waals surface area contributed by atoms with Crippen LogP contribution in [0.2, 0.25) is 0 Å². The maximum absolute atomic E-state index is 6.44. The van der Waals surface area contributed by atoms with Crippen molar-refractivity contribution in [2.75, 3.05) is 7.05 Å². The topological polar surface area (TPSA) is 42.1 Å². The lowest BCUT2D eigenvalue weighted by Gasteiger charge is -2.38. The number of pyridine rings is 1. The van der Waals surface area contributed by atoms with Crippen molar-refractivity contribution in [1.82, 2.24) is 9.88 Å². The third-order valence-corrected chi connectivity index (χ3v) is 4.96. The lowest BCUT2D eigenvalue weighted by atomic mass is 9.83. The molecule has 2 fully saturated rings. The number of nitrogens with zero attached hydrogens (tertiary/aromatic N) is 2. The summed E-state index contributed by atoms with van der Waals surface area (Å²) in [4.78, 5) is 6.64. The highest BCUT2D eigenvalue weighted by Gasteiger charge is 2.39. The number of fused-ring (bicyclic) bond motifs is 2. The molecule has 98 valence electrons. The van der Waals surface area contributed by atoms with Crippen LogP contribution in [0.3, 0.4) is 0 Å². The van der Waals surface area contributed by atoms with Gasteiger partial charge in [0.15, 0.2) is 0 Å². The molecule has 2 bridgehead atoms. The largest absolute Gasteiger partial charge is 0.327 e. The molecule has 18 heavy (non-hydrogen) atoms. The highest BCUT2D eigenvalue weighted by Crippen LogP contribution is 2.38. The average Bonchev–Trinajstić information content (AvgIpc) is 2.63. The molecule has 0 spiro atoms. The van der Waals surface area contributed by atoms with Gasteiger partial charge in [0.25, 0.3) is 0 Å². The molecular formula is C15H23N3. The zero-order chi connectivity index (χ0) is 12.5. The number of hydrogen-bond acceptors (Lipinski definition) is 3. The van der Waals surface area contributed by atoms with E-state index in [2.05, 4.69) is 29.1 Å². The number of rotatable bonds is 3. The molecule has 0 radical (unpaired) electrons. The SMILES string of the molecule is CN1C2CCC1CC(C(N)Cc1ccncc1)C2. The first-order valence-electron chi connectivity index (χ1n) is 7.10. The van der Waals surface area contributed by atoms with E-state index in [1.165, 1.54) is 31.2 Å². The summed E-state index contributed by atoms with van der Waals surface area (Å²) in [6.07, 6.45) is 10.1. The second-order valence-electron chi connectivity index (χ2n) is 6.01. The number of hydrogen-bond donors (Lipinski definition) is 1. The molecule has 3 heterocycles. The molecule has 3 heteroatoms. The fraction of sp³-hybridized carbons (Fsp3) is 0.667. The van der Waals surface area contributed by atoms with Crippen molar-refractivity contribution in [1.29, 1.82) is 0 Å². The van der Waals surface area contributed by atoms with Gasteiger partial charge in [0, 0.05) is 30.5 Å². The lowest BCUT2D eigenvalue weighted by molar-refractivity contribution is 0.120. The average molecular weight is 245 g/mol. The molecular weight excluding hydrogens is 222 g/mol. The summed E-state index contributed by atoms with van der Waals surface area (Å²) < 4.78 is 0. The van der Waals surface area contributed by atoms with Crippen LogP contribution in [0.4, 0.5) is 0 Å². The van der Waals surface area contributed by atoms with Crippen LogP contribution in [-0.4, -0.2) is 35.1 Å². The molecule has 0 saturated carbocycles.